The monoisotopic (exact) mass is 360 g/mol. The van der Waals surface area contributed by atoms with E-state index in [1.165, 1.54) is 33.3 Å². The Morgan fingerprint density at radius 2 is 2.12 bits per heavy atom. The number of carbonyl (C=O) groups excluding carboxylic acids is 1. The lowest BCUT2D eigenvalue weighted by atomic mass is 10.1. The molecule has 2 atom stereocenters. The first kappa shape index (κ1) is 18.6. The lowest BCUT2D eigenvalue weighted by molar-refractivity contribution is 0.0922. The van der Waals surface area contributed by atoms with Crippen LogP contribution in [0.15, 0.2) is 18.2 Å². The van der Waals surface area contributed by atoms with E-state index in [9.17, 15) is 17.6 Å². The van der Waals surface area contributed by atoms with E-state index in [0.717, 1.165) is 10.4 Å². The highest BCUT2D eigenvalue weighted by Gasteiger charge is 2.34. The van der Waals surface area contributed by atoms with Gasteiger partial charge in [0.25, 0.3) is 5.91 Å². The minimum atomic E-state index is -3.42. The average Bonchev–Trinajstić information content (AvgIpc) is 2.93. The zero-order valence-electron chi connectivity index (χ0n) is 13.8. The van der Waals surface area contributed by atoms with Gasteiger partial charge in [0, 0.05) is 26.1 Å². The third-order valence-corrected chi connectivity index (χ3v) is 5.88. The Labute approximate surface area is 140 Å². The normalized spacial score (nSPS) is 21.0. The van der Waals surface area contributed by atoms with Crippen LogP contribution in [0.3, 0.4) is 0 Å². The van der Waals surface area contributed by atoms with Gasteiger partial charge in [-0.05, 0) is 12.1 Å². The second-order valence-electron chi connectivity index (χ2n) is 5.78. The standard InChI is InChI=1S/C15H21FN2O5S/c1-18(2)24(20,21)9-10-7-23-8-14(10)17-15(19)12-5-4-11(22-3)6-13(12)16/h4-6,10,14H,7-9H2,1-3H3,(H,17,19)/t10-,14-/m0/s1. The zero-order chi connectivity index (χ0) is 17.9. The molecule has 24 heavy (non-hydrogen) atoms. The number of nitrogens with one attached hydrogen (secondary N) is 1. The number of benzene rings is 1. The van der Waals surface area contributed by atoms with Crippen LogP contribution in [-0.4, -0.2) is 64.8 Å². The summed E-state index contributed by atoms with van der Waals surface area (Å²) in [6.45, 7) is 0.417. The van der Waals surface area contributed by atoms with Gasteiger partial charge in [-0.25, -0.2) is 17.1 Å². The molecule has 2 rings (SSSR count). The van der Waals surface area contributed by atoms with Gasteiger partial charge in [0.1, 0.15) is 11.6 Å². The van der Waals surface area contributed by atoms with E-state index in [0.29, 0.717) is 5.75 Å². The SMILES string of the molecule is COc1ccc(C(=O)N[C@H]2COC[C@H]2CS(=O)(=O)N(C)C)c(F)c1. The smallest absolute Gasteiger partial charge is 0.254 e. The van der Waals surface area contributed by atoms with Gasteiger partial charge in [-0.2, -0.15) is 0 Å². The number of rotatable bonds is 6. The van der Waals surface area contributed by atoms with Crippen molar-refractivity contribution in [2.75, 3.05) is 40.2 Å². The number of hydrogen-bond donors (Lipinski definition) is 1. The number of sulfonamides is 1. The van der Waals surface area contributed by atoms with Crippen molar-refractivity contribution in [3.8, 4) is 5.75 Å². The maximum atomic E-state index is 14.0. The van der Waals surface area contributed by atoms with Crippen LogP contribution in [0.1, 0.15) is 10.4 Å². The number of amides is 1. The first-order valence-electron chi connectivity index (χ1n) is 7.37. The molecule has 1 aliphatic heterocycles. The summed E-state index contributed by atoms with van der Waals surface area (Å²) < 4.78 is 49.3. The summed E-state index contributed by atoms with van der Waals surface area (Å²) in [5, 5.41) is 2.66. The molecule has 0 aliphatic carbocycles. The molecule has 0 saturated carbocycles. The summed E-state index contributed by atoms with van der Waals surface area (Å²) in [4.78, 5) is 12.3. The summed E-state index contributed by atoms with van der Waals surface area (Å²) >= 11 is 0. The summed E-state index contributed by atoms with van der Waals surface area (Å²) in [6.07, 6.45) is 0. The lowest BCUT2D eigenvalue weighted by Gasteiger charge is -2.21. The van der Waals surface area contributed by atoms with Crippen molar-refractivity contribution in [2.24, 2.45) is 5.92 Å². The predicted octanol–water partition coefficient (Wildman–Crippen LogP) is 0.470. The molecule has 1 fully saturated rings. The molecule has 1 amide bonds. The molecule has 7 nitrogen and oxygen atoms in total. The van der Waals surface area contributed by atoms with Gasteiger partial charge in [0.15, 0.2) is 0 Å². The molecule has 0 bridgehead atoms. The highest BCUT2D eigenvalue weighted by atomic mass is 32.2. The van der Waals surface area contributed by atoms with Crippen molar-refractivity contribution in [1.82, 2.24) is 9.62 Å². The second kappa shape index (κ2) is 7.45. The molecule has 134 valence electrons. The maximum absolute atomic E-state index is 14.0. The van der Waals surface area contributed by atoms with Crippen molar-refractivity contribution in [3.63, 3.8) is 0 Å². The number of hydrogen-bond acceptors (Lipinski definition) is 5. The summed E-state index contributed by atoms with van der Waals surface area (Å²) in [6, 6.07) is 3.43. The van der Waals surface area contributed by atoms with E-state index in [2.05, 4.69) is 5.32 Å². The quantitative estimate of drug-likeness (QED) is 0.797. The zero-order valence-corrected chi connectivity index (χ0v) is 14.6. The molecule has 9 heteroatoms. The summed E-state index contributed by atoms with van der Waals surface area (Å²) in [5.41, 5.74) is -0.128. The average molecular weight is 360 g/mol. The molecule has 0 unspecified atom stereocenters. The second-order valence-corrected chi connectivity index (χ2v) is 8.01. The lowest BCUT2D eigenvalue weighted by Crippen LogP contribution is -2.43. The van der Waals surface area contributed by atoms with Gasteiger partial charge in [0.2, 0.25) is 10.0 Å². The Morgan fingerprint density at radius 3 is 2.71 bits per heavy atom. The van der Waals surface area contributed by atoms with Crippen molar-refractivity contribution in [1.29, 1.82) is 0 Å². The minimum Gasteiger partial charge on any atom is -0.497 e. The first-order chi connectivity index (χ1) is 11.2. The number of ether oxygens (including phenoxy) is 2. The van der Waals surface area contributed by atoms with Crippen LogP contribution in [0.25, 0.3) is 0 Å². The highest BCUT2D eigenvalue weighted by molar-refractivity contribution is 7.89. The Morgan fingerprint density at radius 1 is 1.42 bits per heavy atom. The molecular weight excluding hydrogens is 339 g/mol. The van der Waals surface area contributed by atoms with Crippen molar-refractivity contribution in [2.45, 2.75) is 6.04 Å². The number of nitrogens with zero attached hydrogens (tertiary/aromatic N) is 1. The molecule has 1 aliphatic rings. The van der Waals surface area contributed by atoms with Crippen LogP contribution in [-0.2, 0) is 14.8 Å². The van der Waals surface area contributed by atoms with Crippen LogP contribution < -0.4 is 10.1 Å². The summed E-state index contributed by atoms with van der Waals surface area (Å²) in [7, 11) is 0.882. The largest absolute Gasteiger partial charge is 0.497 e. The van der Waals surface area contributed by atoms with Gasteiger partial charge in [-0.3, -0.25) is 4.79 Å². The Bertz CT molecular complexity index is 708. The van der Waals surface area contributed by atoms with Crippen molar-refractivity contribution >= 4 is 15.9 Å². The minimum absolute atomic E-state index is 0.128. The van der Waals surface area contributed by atoms with E-state index in [4.69, 9.17) is 9.47 Å². The molecule has 1 heterocycles. The fourth-order valence-electron chi connectivity index (χ4n) is 2.40. The van der Waals surface area contributed by atoms with Crippen LogP contribution in [0.4, 0.5) is 4.39 Å². The molecule has 0 radical (unpaired) electrons. The summed E-state index contributed by atoms with van der Waals surface area (Å²) in [5.74, 6) is -1.54. The molecule has 1 N–H and O–H groups in total. The Kier molecular flexibility index (Phi) is 5.79. The fourth-order valence-corrected chi connectivity index (χ4v) is 3.56. The predicted molar refractivity (Wildman–Crippen MR) is 86.0 cm³/mol. The van der Waals surface area contributed by atoms with Gasteiger partial charge in [0.05, 0.1) is 37.7 Å². The van der Waals surface area contributed by atoms with Gasteiger partial charge in [-0.1, -0.05) is 0 Å². The number of carbonyl (C=O) groups is 1. The number of halogens is 1. The third-order valence-electron chi connectivity index (χ3n) is 3.92. The molecule has 0 aromatic heterocycles. The van der Waals surface area contributed by atoms with E-state index >= 15 is 0 Å². The third kappa shape index (κ3) is 4.22. The molecule has 1 saturated heterocycles. The van der Waals surface area contributed by atoms with Gasteiger partial charge < -0.3 is 14.8 Å². The van der Waals surface area contributed by atoms with Crippen LogP contribution in [0, 0.1) is 11.7 Å². The molecule has 1 aromatic carbocycles. The van der Waals surface area contributed by atoms with Gasteiger partial charge >= 0.3 is 0 Å². The van der Waals surface area contributed by atoms with Crippen LogP contribution in [0.5, 0.6) is 5.75 Å². The van der Waals surface area contributed by atoms with E-state index in [1.807, 2.05) is 0 Å². The highest BCUT2D eigenvalue weighted by Crippen LogP contribution is 2.20. The molecule has 1 aromatic rings. The maximum Gasteiger partial charge on any atom is 0.254 e. The molecule has 0 spiro atoms. The Balaban J connectivity index is 2.08. The van der Waals surface area contributed by atoms with Gasteiger partial charge in [-0.15, -0.1) is 0 Å². The fraction of sp³-hybridized carbons (Fsp3) is 0.533. The van der Waals surface area contributed by atoms with E-state index in [-0.39, 0.29) is 30.4 Å². The Hall–Kier alpha value is -1.71. The van der Waals surface area contributed by atoms with Crippen molar-refractivity contribution in [3.05, 3.63) is 29.6 Å². The van der Waals surface area contributed by atoms with E-state index in [1.54, 1.807) is 0 Å². The van der Waals surface area contributed by atoms with E-state index < -0.39 is 27.8 Å². The van der Waals surface area contributed by atoms with Crippen LogP contribution in [0.2, 0.25) is 0 Å². The topological polar surface area (TPSA) is 84.9 Å². The first-order valence-corrected chi connectivity index (χ1v) is 8.98. The molecular formula is C15H21FN2O5S. The number of methoxy groups -OCH3 is 1. The van der Waals surface area contributed by atoms with Crippen molar-refractivity contribution < 1.29 is 27.1 Å². The van der Waals surface area contributed by atoms with Crippen LogP contribution >= 0.6 is 0 Å².